The Morgan fingerprint density at radius 1 is 1.13 bits per heavy atom. The van der Waals surface area contributed by atoms with Gasteiger partial charge in [-0.2, -0.15) is 13.2 Å². The maximum Gasteiger partial charge on any atom is 0.416 e. The van der Waals surface area contributed by atoms with E-state index in [1.807, 2.05) is 30.3 Å². The Morgan fingerprint density at radius 2 is 1.87 bits per heavy atom. The van der Waals surface area contributed by atoms with E-state index in [0.717, 1.165) is 17.7 Å². The van der Waals surface area contributed by atoms with Crippen molar-refractivity contribution in [3.05, 3.63) is 71.0 Å². The molecule has 0 spiro atoms. The third-order valence-corrected chi connectivity index (χ3v) is 4.06. The summed E-state index contributed by atoms with van der Waals surface area (Å²) in [7, 11) is 0. The van der Waals surface area contributed by atoms with E-state index in [4.69, 9.17) is 4.74 Å². The summed E-state index contributed by atoms with van der Waals surface area (Å²) in [5.41, 5.74) is -0.225. The van der Waals surface area contributed by atoms with Crippen molar-refractivity contribution in [1.82, 2.24) is 10.6 Å². The first-order valence-corrected chi connectivity index (χ1v) is 9.47. The molecule has 5 nitrogen and oxygen atoms in total. The van der Waals surface area contributed by atoms with Crippen molar-refractivity contribution in [2.24, 2.45) is 4.99 Å². The second-order valence-electron chi connectivity index (χ2n) is 6.53. The second kappa shape index (κ2) is 11.5. The molecular weight excluding hydrogens is 402 g/mol. The van der Waals surface area contributed by atoms with Crippen LogP contribution in [0.15, 0.2) is 53.5 Å². The molecule has 3 N–H and O–H groups in total. The summed E-state index contributed by atoms with van der Waals surface area (Å²) in [5.74, 6) is -0.726. The van der Waals surface area contributed by atoms with Gasteiger partial charge in [0.2, 0.25) is 0 Å². The molecule has 0 aliphatic rings. The monoisotopic (exact) mass is 427 g/mol. The maximum atomic E-state index is 13.2. The maximum absolute atomic E-state index is 13.2. The van der Waals surface area contributed by atoms with E-state index in [-0.39, 0.29) is 31.2 Å². The fraction of sp³-hybridized carbons (Fsp3) is 0.381. The van der Waals surface area contributed by atoms with Crippen molar-refractivity contribution in [1.29, 1.82) is 0 Å². The predicted molar refractivity (Wildman–Crippen MR) is 106 cm³/mol. The normalized spacial score (nSPS) is 13.2. The highest BCUT2D eigenvalue weighted by atomic mass is 19.4. The van der Waals surface area contributed by atoms with E-state index in [0.29, 0.717) is 19.2 Å². The minimum Gasteiger partial charge on any atom is -0.389 e. The third-order valence-electron chi connectivity index (χ3n) is 4.06. The molecule has 9 heteroatoms. The van der Waals surface area contributed by atoms with Crippen LogP contribution in [0.3, 0.4) is 0 Å². The number of ether oxygens (including phenoxy) is 1. The Labute approximate surface area is 172 Å². The van der Waals surface area contributed by atoms with Crippen LogP contribution in [0.4, 0.5) is 17.6 Å². The summed E-state index contributed by atoms with van der Waals surface area (Å²) in [5, 5.41) is 15.8. The number of hydrogen-bond donors (Lipinski definition) is 3. The molecule has 0 heterocycles. The van der Waals surface area contributed by atoms with Crippen molar-refractivity contribution in [3.63, 3.8) is 0 Å². The Kier molecular flexibility index (Phi) is 9.07. The summed E-state index contributed by atoms with van der Waals surface area (Å²) in [4.78, 5) is 4.11. The highest BCUT2D eigenvalue weighted by molar-refractivity contribution is 5.79. The van der Waals surface area contributed by atoms with Crippen molar-refractivity contribution in [3.8, 4) is 0 Å². The number of aliphatic hydroxyl groups excluding tert-OH is 1. The predicted octanol–water partition coefficient (Wildman–Crippen LogP) is 3.48. The summed E-state index contributed by atoms with van der Waals surface area (Å²) >= 11 is 0. The summed E-state index contributed by atoms with van der Waals surface area (Å²) in [6, 6.07) is 12.0. The van der Waals surface area contributed by atoms with E-state index >= 15 is 0 Å². The van der Waals surface area contributed by atoms with Gasteiger partial charge < -0.3 is 20.5 Å². The van der Waals surface area contributed by atoms with Gasteiger partial charge in [0, 0.05) is 13.1 Å². The Balaban J connectivity index is 1.90. The molecule has 0 radical (unpaired) electrons. The molecule has 2 aromatic carbocycles. The molecule has 2 rings (SSSR count). The summed E-state index contributed by atoms with van der Waals surface area (Å²) < 4.78 is 58.0. The molecule has 1 atom stereocenters. The van der Waals surface area contributed by atoms with Gasteiger partial charge in [0.05, 0.1) is 31.4 Å². The van der Waals surface area contributed by atoms with Crippen molar-refractivity contribution in [2.45, 2.75) is 32.4 Å². The fourth-order valence-corrected chi connectivity index (χ4v) is 2.62. The largest absolute Gasteiger partial charge is 0.416 e. The average Bonchev–Trinajstić information content (AvgIpc) is 2.71. The number of benzene rings is 2. The van der Waals surface area contributed by atoms with Gasteiger partial charge in [-0.25, -0.2) is 9.38 Å². The Hall–Kier alpha value is -2.65. The molecule has 0 bridgehead atoms. The van der Waals surface area contributed by atoms with E-state index in [1.54, 1.807) is 6.92 Å². The van der Waals surface area contributed by atoms with Gasteiger partial charge in [0.25, 0.3) is 0 Å². The Morgan fingerprint density at radius 3 is 2.53 bits per heavy atom. The number of nitrogens with zero attached hydrogens (tertiary/aromatic N) is 1. The minimum absolute atomic E-state index is 0.0808. The molecule has 164 valence electrons. The summed E-state index contributed by atoms with van der Waals surface area (Å²) in [6.07, 6.45) is -5.51. The van der Waals surface area contributed by atoms with Gasteiger partial charge in [-0.1, -0.05) is 36.4 Å². The smallest absolute Gasteiger partial charge is 0.389 e. The van der Waals surface area contributed by atoms with Crippen LogP contribution in [-0.2, 0) is 24.1 Å². The lowest BCUT2D eigenvalue weighted by molar-refractivity contribution is -0.138. The number of aliphatic imine (C=N–C) groups is 1. The number of alkyl halides is 3. The number of nitrogens with one attached hydrogen (secondary N) is 2. The fourth-order valence-electron chi connectivity index (χ4n) is 2.62. The molecule has 30 heavy (non-hydrogen) atoms. The zero-order chi connectivity index (χ0) is 22.0. The Bertz CT molecular complexity index is 814. The average molecular weight is 427 g/mol. The number of guanidine groups is 1. The molecule has 0 saturated heterocycles. The van der Waals surface area contributed by atoms with Crippen molar-refractivity contribution >= 4 is 5.96 Å². The number of hydrogen-bond acceptors (Lipinski definition) is 3. The highest BCUT2D eigenvalue weighted by Crippen LogP contribution is 2.32. The quantitative estimate of drug-likeness (QED) is 0.326. The van der Waals surface area contributed by atoms with Crippen molar-refractivity contribution in [2.75, 3.05) is 19.7 Å². The van der Waals surface area contributed by atoms with Crippen LogP contribution in [0, 0.1) is 5.82 Å². The molecule has 0 aliphatic heterocycles. The van der Waals surface area contributed by atoms with Crippen LogP contribution in [0.1, 0.15) is 23.6 Å². The van der Waals surface area contributed by atoms with E-state index in [1.165, 1.54) is 0 Å². The molecule has 0 saturated carbocycles. The first-order chi connectivity index (χ1) is 14.3. The molecule has 2 aromatic rings. The van der Waals surface area contributed by atoms with E-state index in [2.05, 4.69) is 15.6 Å². The lowest BCUT2D eigenvalue weighted by Crippen LogP contribution is -2.42. The van der Waals surface area contributed by atoms with Crippen LogP contribution in [-0.4, -0.2) is 36.9 Å². The van der Waals surface area contributed by atoms with Crippen LogP contribution >= 0.6 is 0 Å². The lowest BCUT2D eigenvalue weighted by Gasteiger charge is -2.16. The van der Waals surface area contributed by atoms with Crippen LogP contribution < -0.4 is 10.6 Å². The SMILES string of the molecule is CCNC(=NCc1ccc(F)cc1C(F)(F)F)NCC(O)COCc1ccccc1. The molecule has 1 unspecified atom stereocenters. The van der Waals surface area contributed by atoms with Gasteiger partial charge in [0.15, 0.2) is 5.96 Å². The van der Waals surface area contributed by atoms with E-state index < -0.39 is 23.7 Å². The second-order valence-corrected chi connectivity index (χ2v) is 6.53. The third kappa shape index (κ3) is 8.00. The van der Waals surface area contributed by atoms with Gasteiger partial charge in [0.1, 0.15) is 5.82 Å². The lowest BCUT2D eigenvalue weighted by atomic mass is 10.1. The van der Waals surface area contributed by atoms with Crippen molar-refractivity contribution < 1.29 is 27.4 Å². The first-order valence-electron chi connectivity index (χ1n) is 9.47. The van der Waals surface area contributed by atoms with E-state index in [9.17, 15) is 22.7 Å². The number of aliphatic hydroxyl groups is 1. The zero-order valence-corrected chi connectivity index (χ0v) is 16.5. The van der Waals surface area contributed by atoms with Crippen LogP contribution in [0.5, 0.6) is 0 Å². The zero-order valence-electron chi connectivity index (χ0n) is 16.5. The number of halogens is 4. The number of rotatable bonds is 9. The van der Waals surface area contributed by atoms with Crippen LogP contribution in [0.25, 0.3) is 0 Å². The summed E-state index contributed by atoms with van der Waals surface area (Å²) in [6.45, 7) is 2.51. The first kappa shape index (κ1) is 23.6. The van der Waals surface area contributed by atoms with Crippen LogP contribution in [0.2, 0.25) is 0 Å². The van der Waals surface area contributed by atoms with Gasteiger partial charge in [-0.3, -0.25) is 0 Å². The van der Waals surface area contributed by atoms with Gasteiger partial charge in [-0.05, 0) is 30.2 Å². The highest BCUT2D eigenvalue weighted by Gasteiger charge is 2.33. The molecule has 0 amide bonds. The van der Waals surface area contributed by atoms with Gasteiger partial charge in [-0.15, -0.1) is 0 Å². The molecule has 0 aliphatic carbocycles. The van der Waals surface area contributed by atoms with Gasteiger partial charge >= 0.3 is 6.18 Å². The molecule has 0 fully saturated rings. The standard InChI is InChI=1S/C21H25F4N3O2/c1-2-26-20(27-11-16-8-9-17(22)10-19(16)21(23,24)25)28-12-18(29)14-30-13-15-6-4-3-5-7-15/h3-10,18,29H,2,11-14H2,1H3,(H2,26,27,28). The topological polar surface area (TPSA) is 65.9 Å². The molecular formula is C21H25F4N3O2. The minimum atomic E-state index is -4.68. The molecule has 0 aromatic heterocycles.